The van der Waals surface area contributed by atoms with Gasteiger partial charge in [-0.25, -0.2) is 0 Å². The number of allylic oxidation sites excluding steroid dienone is 2. The number of carbonyl (C=O) groups is 1. The maximum atomic E-state index is 10.4. The van der Waals surface area contributed by atoms with E-state index in [1.807, 2.05) is 25.1 Å². The molecule has 0 saturated heterocycles. The third-order valence-corrected chi connectivity index (χ3v) is 2.44. The first-order valence-corrected chi connectivity index (χ1v) is 5.20. The van der Waals surface area contributed by atoms with E-state index in [1.165, 1.54) is 0 Å². The number of benzene rings is 1. The highest BCUT2D eigenvalue weighted by Gasteiger charge is 2.08. The van der Waals surface area contributed by atoms with Crippen molar-refractivity contribution in [2.75, 3.05) is 7.11 Å². The molecule has 0 radical (unpaired) electrons. The van der Waals surface area contributed by atoms with E-state index in [0.717, 1.165) is 17.6 Å². The van der Waals surface area contributed by atoms with Crippen molar-refractivity contribution in [3.63, 3.8) is 0 Å². The zero-order valence-electron chi connectivity index (χ0n) is 9.82. The van der Waals surface area contributed by atoms with Gasteiger partial charge in [0.2, 0.25) is 0 Å². The smallest absolute Gasteiger partial charge is 0.298 e. The Morgan fingerprint density at radius 1 is 1.44 bits per heavy atom. The van der Waals surface area contributed by atoms with E-state index in [9.17, 15) is 4.79 Å². The maximum absolute atomic E-state index is 10.4. The highest BCUT2D eigenvalue weighted by atomic mass is 16.5. The predicted molar refractivity (Wildman–Crippen MR) is 63.6 cm³/mol. The third-order valence-electron chi connectivity index (χ3n) is 2.44. The Morgan fingerprint density at radius 3 is 2.69 bits per heavy atom. The largest absolute Gasteiger partial charge is 0.497 e. The van der Waals surface area contributed by atoms with Crippen LogP contribution in [0.1, 0.15) is 25.8 Å². The number of methoxy groups -OCH3 is 1. The van der Waals surface area contributed by atoms with Crippen LogP contribution in [0.2, 0.25) is 0 Å². The molecule has 0 aliphatic rings. The minimum Gasteiger partial charge on any atom is -0.497 e. The second-order valence-electron chi connectivity index (χ2n) is 3.24. The van der Waals surface area contributed by atoms with Gasteiger partial charge >= 0.3 is 0 Å². The highest BCUT2D eigenvalue weighted by Crippen LogP contribution is 2.31. The standard InChI is InChI=1S/C13H16O3/c1-4-10(5-2)12-7-6-11(15-3)8-13(12)16-9-14/h4,6-9H,5H2,1-3H3/b10-4-. The second kappa shape index (κ2) is 5.95. The Morgan fingerprint density at radius 2 is 2.19 bits per heavy atom. The monoisotopic (exact) mass is 220 g/mol. The Kier molecular flexibility index (Phi) is 4.58. The fourth-order valence-electron chi connectivity index (χ4n) is 1.59. The fraction of sp³-hybridized carbons (Fsp3) is 0.308. The molecule has 0 saturated carbocycles. The number of hydrogen-bond acceptors (Lipinski definition) is 3. The zero-order valence-corrected chi connectivity index (χ0v) is 9.82. The van der Waals surface area contributed by atoms with Crippen LogP contribution in [0.3, 0.4) is 0 Å². The number of hydrogen-bond donors (Lipinski definition) is 0. The van der Waals surface area contributed by atoms with Gasteiger partial charge in [0.05, 0.1) is 7.11 Å². The Balaban J connectivity index is 3.21. The van der Waals surface area contributed by atoms with E-state index in [4.69, 9.17) is 9.47 Å². The van der Waals surface area contributed by atoms with Crippen LogP contribution in [0, 0.1) is 0 Å². The van der Waals surface area contributed by atoms with E-state index in [-0.39, 0.29) is 0 Å². The van der Waals surface area contributed by atoms with Gasteiger partial charge in [0, 0.05) is 11.6 Å². The minimum atomic E-state index is 0.432. The highest BCUT2D eigenvalue weighted by molar-refractivity contribution is 5.72. The van der Waals surface area contributed by atoms with Crippen molar-refractivity contribution in [3.8, 4) is 11.5 Å². The lowest BCUT2D eigenvalue weighted by Gasteiger charge is -2.11. The zero-order chi connectivity index (χ0) is 12.0. The van der Waals surface area contributed by atoms with Crippen LogP contribution in [0.4, 0.5) is 0 Å². The first kappa shape index (κ1) is 12.3. The molecular weight excluding hydrogens is 204 g/mol. The molecule has 0 atom stereocenters. The van der Waals surface area contributed by atoms with E-state index in [2.05, 4.69) is 6.92 Å². The van der Waals surface area contributed by atoms with Crippen molar-refractivity contribution in [2.24, 2.45) is 0 Å². The van der Waals surface area contributed by atoms with Gasteiger partial charge in [-0.1, -0.05) is 13.0 Å². The van der Waals surface area contributed by atoms with Crippen molar-refractivity contribution in [1.29, 1.82) is 0 Å². The normalized spacial score (nSPS) is 11.1. The SMILES string of the molecule is C/C=C(/CC)c1ccc(OC)cc1OC=O. The molecule has 86 valence electrons. The molecular formula is C13H16O3. The number of ether oxygens (including phenoxy) is 2. The van der Waals surface area contributed by atoms with Crippen LogP contribution in [0.5, 0.6) is 11.5 Å². The summed E-state index contributed by atoms with van der Waals surface area (Å²) in [6.07, 6.45) is 2.90. The van der Waals surface area contributed by atoms with Crippen molar-refractivity contribution in [3.05, 3.63) is 29.8 Å². The van der Waals surface area contributed by atoms with Crippen LogP contribution in [-0.2, 0) is 4.79 Å². The Bertz CT molecular complexity index is 394. The summed E-state index contributed by atoms with van der Waals surface area (Å²) in [6, 6.07) is 5.46. The molecule has 0 aliphatic heterocycles. The van der Waals surface area contributed by atoms with Gasteiger partial charge < -0.3 is 9.47 Å². The molecule has 0 heterocycles. The average Bonchev–Trinajstić information content (AvgIpc) is 2.32. The van der Waals surface area contributed by atoms with Crippen LogP contribution in [0.15, 0.2) is 24.3 Å². The molecule has 1 aromatic carbocycles. The van der Waals surface area contributed by atoms with E-state index in [0.29, 0.717) is 18.0 Å². The molecule has 0 aromatic heterocycles. The van der Waals surface area contributed by atoms with Gasteiger partial charge in [-0.05, 0) is 31.1 Å². The lowest BCUT2D eigenvalue weighted by Crippen LogP contribution is -1.95. The molecule has 0 N–H and O–H groups in total. The fourth-order valence-corrected chi connectivity index (χ4v) is 1.59. The molecule has 3 nitrogen and oxygen atoms in total. The summed E-state index contributed by atoms with van der Waals surface area (Å²) in [6.45, 7) is 4.46. The summed E-state index contributed by atoms with van der Waals surface area (Å²) in [4.78, 5) is 10.4. The molecule has 0 fully saturated rings. The quantitative estimate of drug-likeness (QED) is 0.715. The summed E-state index contributed by atoms with van der Waals surface area (Å²) >= 11 is 0. The molecule has 0 amide bonds. The molecule has 1 aromatic rings. The summed E-state index contributed by atoms with van der Waals surface area (Å²) < 4.78 is 10.1. The van der Waals surface area contributed by atoms with Crippen molar-refractivity contribution >= 4 is 12.0 Å². The van der Waals surface area contributed by atoms with Crippen molar-refractivity contribution in [1.82, 2.24) is 0 Å². The number of rotatable bonds is 5. The summed E-state index contributed by atoms with van der Waals surface area (Å²) in [7, 11) is 1.58. The van der Waals surface area contributed by atoms with E-state index in [1.54, 1.807) is 13.2 Å². The molecule has 3 heteroatoms. The predicted octanol–water partition coefficient (Wildman–Crippen LogP) is 3.04. The van der Waals surface area contributed by atoms with Crippen molar-refractivity contribution < 1.29 is 14.3 Å². The van der Waals surface area contributed by atoms with Gasteiger partial charge in [-0.3, -0.25) is 4.79 Å². The van der Waals surface area contributed by atoms with Crippen LogP contribution < -0.4 is 9.47 Å². The minimum absolute atomic E-state index is 0.432. The van der Waals surface area contributed by atoms with Crippen LogP contribution >= 0.6 is 0 Å². The molecule has 0 bridgehead atoms. The molecule has 0 unspecified atom stereocenters. The average molecular weight is 220 g/mol. The second-order valence-corrected chi connectivity index (χ2v) is 3.24. The lowest BCUT2D eigenvalue weighted by molar-refractivity contribution is -0.120. The summed E-state index contributed by atoms with van der Waals surface area (Å²) in [5.74, 6) is 1.21. The Hall–Kier alpha value is -1.77. The molecule has 16 heavy (non-hydrogen) atoms. The van der Waals surface area contributed by atoms with Gasteiger partial charge in [-0.15, -0.1) is 0 Å². The van der Waals surface area contributed by atoms with Gasteiger partial charge in [0.1, 0.15) is 11.5 Å². The first-order valence-electron chi connectivity index (χ1n) is 5.20. The van der Waals surface area contributed by atoms with Gasteiger partial charge in [0.15, 0.2) is 0 Å². The van der Waals surface area contributed by atoms with E-state index >= 15 is 0 Å². The third kappa shape index (κ3) is 2.63. The number of carbonyl (C=O) groups excluding carboxylic acids is 1. The maximum Gasteiger partial charge on any atom is 0.298 e. The molecule has 0 spiro atoms. The van der Waals surface area contributed by atoms with Crippen molar-refractivity contribution in [2.45, 2.75) is 20.3 Å². The van der Waals surface area contributed by atoms with E-state index < -0.39 is 0 Å². The first-order chi connectivity index (χ1) is 7.76. The summed E-state index contributed by atoms with van der Waals surface area (Å²) in [5, 5.41) is 0. The lowest BCUT2D eigenvalue weighted by atomic mass is 10.0. The molecule has 1 rings (SSSR count). The van der Waals surface area contributed by atoms with Crippen LogP contribution in [-0.4, -0.2) is 13.6 Å². The molecule has 0 aliphatic carbocycles. The van der Waals surface area contributed by atoms with Gasteiger partial charge in [0.25, 0.3) is 6.47 Å². The topological polar surface area (TPSA) is 35.5 Å². The van der Waals surface area contributed by atoms with Crippen LogP contribution in [0.25, 0.3) is 5.57 Å². The Labute approximate surface area is 95.7 Å². The summed E-state index contributed by atoms with van der Waals surface area (Å²) in [5.41, 5.74) is 2.07. The van der Waals surface area contributed by atoms with Gasteiger partial charge in [-0.2, -0.15) is 0 Å².